The maximum Gasteiger partial charge on any atom is 0.308 e. The molecule has 0 radical (unpaired) electrons. The molecular weight excluding hydrogens is 308 g/mol. The number of carboxylic acids is 1. The number of carbonyl (C=O) groups is 2. The molecule has 2 rings (SSSR count). The largest absolute Gasteiger partial charge is 0.481 e. The second-order valence-corrected chi connectivity index (χ2v) is 6.01. The zero-order valence-electron chi connectivity index (χ0n) is 14.1. The number of aliphatic carboxylic acids is 1. The zero-order valence-corrected chi connectivity index (χ0v) is 14.1. The fourth-order valence-corrected chi connectivity index (χ4v) is 2.58. The van der Waals surface area contributed by atoms with Crippen LogP contribution in [-0.2, 0) is 22.4 Å². The molecule has 0 saturated carbocycles. The van der Waals surface area contributed by atoms with Crippen LogP contribution < -0.4 is 5.32 Å². The highest BCUT2D eigenvalue weighted by Gasteiger charge is 2.20. The van der Waals surface area contributed by atoms with Crippen molar-refractivity contribution in [2.24, 2.45) is 5.92 Å². The zero-order chi connectivity index (χ0) is 17.7. The highest BCUT2D eigenvalue weighted by molar-refractivity contribution is 5.80. The number of carboxylic acid groups (broad SMARTS) is 1. The van der Waals surface area contributed by atoms with Gasteiger partial charge in [0.25, 0.3) is 0 Å². The first-order valence-corrected chi connectivity index (χ1v) is 7.83. The predicted molar refractivity (Wildman–Crippen MR) is 88.7 cm³/mol. The predicted octanol–water partition coefficient (Wildman–Crippen LogP) is 2.20. The molecule has 1 aromatic heterocycles. The summed E-state index contributed by atoms with van der Waals surface area (Å²) in [5.74, 6) is -1.22. The fourth-order valence-electron chi connectivity index (χ4n) is 2.58. The average molecular weight is 330 g/mol. The van der Waals surface area contributed by atoms with Gasteiger partial charge >= 0.3 is 5.97 Å². The van der Waals surface area contributed by atoms with Crippen molar-refractivity contribution in [2.75, 3.05) is 6.54 Å². The third-order valence-electron chi connectivity index (χ3n) is 3.98. The van der Waals surface area contributed by atoms with Gasteiger partial charge in [-0.15, -0.1) is 0 Å². The molecule has 24 heavy (non-hydrogen) atoms. The van der Waals surface area contributed by atoms with Crippen LogP contribution in [0, 0.1) is 26.7 Å². The van der Waals surface area contributed by atoms with Crippen LogP contribution in [0.2, 0.25) is 0 Å². The van der Waals surface area contributed by atoms with E-state index in [1.165, 1.54) is 0 Å². The summed E-state index contributed by atoms with van der Waals surface area (Å²) in [6.45, 7) is 5.58. The van der Waals surface area contributed by atoms with Gasteiger partial charge in [-0.05, 0) is 32.8 Å². The number of hydrogen-bond donors (Lipinski definition) is 2. The standard InChI is InChI=1S/C18H22N2O4/c1-11-5-4-6-14(7-11)8-15(18(22)23)10-19-17(21)9-16-12(2)20-24-13(16)3/h4-7,15H,8-10H2,1-3H3,(H,19,21)(H,22,23). The van der Waals surface area contributed by atoms with E-state index in [0.29, 0.717) is 17.9 Å². The van der Waals surface area contributed by atoms with Crippen LogP contribution in [0.5, 0.6) is 0 Å². The number of nitrogens with one attached hydrogen (secondary N) is 1. The monoisotopic (exact) mass is 330 g/mol. The summed E-state index contributed by atoms with van der Waals surface area (Å²) in [5.41, 5.74) is 3.46. The lowest BCUT2D eigenvalue weighted by Crippen LogP contribution is -2.35. The molecule has 128 valence electrons. The molecule has 6 nitrogen and oxygen atoms in total. The minimum Gasteiger partial charge on any atom is -0.481 e. The van der Waals surface area contributed by atoms with Crippen LogP contribution in [-0.4, -0.2) is 28.7 Å². The molecule has 0 spiro atoms. The number of benzene rings is 1. The minimum atomic E-state index is -0.922. The summed E-state index contributed by atoms with van der Waals surface area (Å²) in [7, 11) is 0. The molecule has 6 heteroatoms. The van der Waals surface area contributed by atoms with Gasteiger partial charge in [0.15, 0.2) is 0 Å². The molecule has 0 aliphatic rings. The Labute approximate surface area is 140 Å². The molecule has 1 unspecified atom stereocenters. The first-order chi connectivity index (χ1) is 11.4. The number of aryl methyl sites for hydroxylation is 3. The van der Waals surface area contributed by atoms with Gasteiger partial charge in [-0.25, -0.2) is 0 Å². The van der Waals surface area contributed by atoms with Crippen molar-refractivity contribution in [3.05, 3.63) is 52.4 Å². The van der Waals surface area contributed by atoms with E-state index in [9.17, 15) is 14.7 Å². The Hall–Kier alpha value is -2.63. The topological polar surface area (TPSA) is 92.4 Å². The van der Waals surface area contributed by atoms with E-state index in [4.69, 9.17) is 4.52 Å². The van der Waals surface area contributed by atoms with Crippen LogP contribution in [0.15, 0.2) is 28.8 Å². The Morgan fingerprint density at radius 1 is 1.29 bits per heavy atom. The molecule has 1 aromatic carbocycles. The summed E-state index contributed by atoms with van der Waals surface area (Å²) in [5, 5.41) is 15.9. The van der Waals surface area contributed by atoms with Crippen molar-refractivity contribution in [3.8, 4) is 0 Å². The normalized spacial score (nSPS) is 12.0. The van der Waals surface area contributed by atoms with E-state index >= 15 is 0 Å². The number of nitrogens with zero attached hydrogens (tertiary/aromatic N) is 1. The summed E-state index contributed by atoms with van der Waals surface area (Å²) in [4.78, 5) is 23.5. The molecule has 1 heterocycles. The Balaban J connectivity index is 1.94. The quantitative estimate of drug-likeness (QED) is 0.812. The van der Waals surface area contributed by atoms with E-state index in [-0.39, 0.29) is 18.9 Å². The Morgan fingerprint density at radius 2 is 2.04 bits per heavy atom. The average Bonchev–Trinajstić information content (AvgIpc) is 2.83. The van der Waals surface area contributed by atoms with Crippen LogP contribution in [0.4, 0.5) is 0 Å². The minimum absolute atomic E-state index is 0.0888. The van der Waals surface area contributed by atoms with Gasteiger partial charge in [0.05, 0.1) is 18.0 Å². The number of aromatic nitrogens is 1. The van der Waals surface area contributed by atoms with E-state index in [1.807, 2.05) is 31.2 Å². The Morgan fingerprint density at radius 3 is 2.62 bits per heavy atom. The van der Waals surface area contributed by atoms with E-state index in [0.717, 1.165) is 16.7 Å². The van der Waals surface area contributed by atoms with Gasteiger partial charge in [0, 0.05) is 12.1 Å². The summed E-state index contributed by atoms with van der Waals surface area (Å²) in [6, 6.07) is 7.72. The van der Waals surface area contributed by atoms with Gasteiger partial charge in [-0.3, -0.25) is 9.59 Å². The second kappa shape index (κ2) is 7.77. The molecule has 0 bridgehead atoms. The highest BCUT2D eigenvalue weighted by atomic mass is 16.5. The first-order valence-electron chi connectivity index (χ1n) is 7.83. The number of amides is 1. The van der Waals surface area contributed by atoms with E-state index < -0.39 is 11.9 Å². The van der Waals surface area contributed by atoms with Gasteiger partial charge < -0.3 is 14.9 Å². The molecule has 0 saturated heterocycles. The number of hydrogen-bond acceptors (Lipinski definition) is 4. The lowest BCUT2D eigenvalue weighted by atomic mass is 9.98. The van der Waals surface area contributed by atoms with Crippen LogP contribution in [0.1, 0.15) is 28.1 Å². The molecule has 2 N–H and O–H groups in total. The van der Waals surface area contributed by atoms with Crippen molar-refractivity contribution in [1.29, 1.82) is 0 Å². The second-order valence-electron chi connectivity index (χ2n) is 6.01. The maximum atomic E-state index is 12.1. The van der Waals surface area contributed by atoms with Gasteiger partial charge in [0.2, 0.25) is 5.91 Å². The molecular formula is C18H22N2O4. The highest BCUT2D eigenvalue weighted by Crippen LogP contribution is 2.13. The molecule has 0 aliphatic carbocycles. The smallest absolute Gasteiger partial charge is 0.308 e. The number of rotatable bonds is 7. The van der Waals surface area contributed by atoms with Crippen LogP contribution in [0.3, 0.4) is 0 Å². The van der Waals surface area contributed by atoms with Crippen molar-refractivity contribution in [1.82, 2.24) is 10.5 Å². The molecule has 1 atom stereocenters. The van der Waals surface area contributed by atoms with Crippen molar-refractivity contribution in [3.63, 3.8) is 0 Å². The first kappa shape index (κ1) is 17.7. The third-order valence-corrected chi connectivity index (χ3v) is 3.98. The van der Waals surface area contributed by atoms with Crippen molar-refractivity contribution in [2.45, 2.75) is 33.6 Å². The van der Waals surface area contributed by atoms with Gasteiger partial charge in [0.1, 0.15) is 5.76 Å². The maximum absolute atomic E-state index is 12.1. The Bertz CT molecular complexity index is 717. The molecule has 0 aliphatic heterocycles. The SMILES string of the molecule is Cc1cccc(CC(CNC(=O)Cc2c(C)noc2C)C(=O)O)c1. The van der Waals surface area contributed by atoms with Crippen molar-refractivity contribution >= 4 is 11.9 Å². The lowest BCUT2D eigenvalue weighted by Gasteiger charge is -2.14. The van der Waals surface area contributed by atoms with E-state index in [1.54, 1.807) is 13.8 Å². The summed E-state index contributed by atoms with van der Waals surface area (Å²) < 4.78 is 5.03. The summed E-state index contributed by atoms with van der Waals surface area (Å²) in [6.07, 6.45) is 0.514. The van der Waals surface area contributed by atoms with Crippen molar-refractivity contribution < 1.29 is 19.2 Å². The van der Waals surface area contributed by atoms with Gasteiger partial charge in [-0.1, -0.05) is 35.0 Å². The molecule has 2 aromatic rings. The van der Waals surface area contributed by atoms with Crippen LogP contribution >= 0.6 is 0 Å². The summed E-state index contributed by atoms with van der Waals surface area (Å²) >= 11 is 0. The lowest BCUT2D eigenvalue weighted by molar-refractivity contribution is -0.141. The Kier molecular flexibility index (Phi) is 5.73. The molecule has 0 fully saturated rings. The van der Waals surface area contributed by atoms with Gasteiger partial charge in [-0.2, -0.15) is 0 Å². The molecule has 1 amide bonds. The van der Waals surface area contributed by atoms with Crippen LogP contribution in [0.25, 0.3) is 0 Å². The fraction of sp³-hybridized carbons (Fsp3) is 0.389. The number of carbonyl (C=O) groups excluding carboxylic acids is 1. The van der Waals surface area contributed by atoms with E-state index in [2.05, 4.69) is 10.5 Å². The third kappa shape index (κ3) is 4.68.